The second-order valence-electron chi connectivity index (χ2n) is 10.0. The highest BCUT2D eigenvalue weighted by molar-refractivity contribution is 6.07. The number of carbonyl (C=O) groups is 2. The van der Waals surface area contributed by atoms with Gasteiger partial charge in [-0.05, 0) is 41.4 Å². The number of nitrogens with zero attached hydrogens (tertiary/aromatic N) is 2. The van der Waals surface area contributed by atoms with Crippen LogP contribution in [0, 0.1) is 11.3 Å². The van der Waals surface area contributed by atoms with Crippen LogP contribution >= 0.6 is 0 Å². The summed E-state index contributed by atoms with van der Waals surface area (Å²) < 4.78 is 0. The van der Waals surface area contributed by atoms with Crippen molar-refractivity contribution in [1.82, 2.24) is 0 Å². The highest BCUT2D eigenvalue weighted by Crippen LogP contribution is 2.56. The summed E-state index contributed by atoms with van der Waals surface area (Å²) >= 11 is 0. The number of aliphatic carboxylic acids is 2. The van der Waals surface area contributed by atoms with Crippen LogP contribution in [0.2, 0.25) is 0 Å². The number of carboxylic acids is 2. The molecular formula is C26H37N3O7. The fraction of sp³-hybridized carbons (Fsp3) is 0.538. The Morgan fingerprint density at radius 1 is 1.19 bits per heavy atom. The first kappa shape index (κ1) is 29.0. The summed E-state index contributed by atoms with van der Waals surface area (Å²) in [6.07, 6.45) is 4.93. The van der Waals surface area contributed by atoms with Gasteiger partial charge in [-0.25, -0.2) is 9.59 Å². The first-order valence-corrected chi connectivity index (χ1v) is 12.0. The molecule has 1 fully saturated rings. The predicted molar refractivity (Wildman–Crippen MR) is 136 cm³/mol. The van der Waals surface area contributed by atoms with Gasteiger partial charge in [-0.2, -0.15) is 0 Å². The van der Waals surface area contributed by atoms with Crippen molar-refractivity contribution in [1.29, 1.82) is 0 Å². The van der Waals surface area contributed by atoms with Crippen LogP contribution in [0.15, 0.2) is 40.7 Å². The van der Waals surface area contributed by atoms with Gasteiger partial charge in [-0.1, -0.05) is 56.6 Å². The van der Waals surface area contributed by atoms with E-state index in [9.17, 15) is 19.9 Å². The minimum Gasteiger partial charge on any atom is -0.478 e. The molecule has 0 aliphatic heterocycles. The molecule has 10 heteroatoms. The third kappa shape index (κ3) is 6.30. The standard InChI is InChI=1S/C22H33N3O3.C4H4O4/c1-14(2)15-6-7-17-16(12-15)18(25-27)19(26)20-21(3,13-24-28-11-10-23)8-5-9-22(17,20)4;5-3(6)1-2-4(7)8/h6-7,12-14,19-20,26-27H,5,8-11,23H2,1-4H3;1-2H,(H,5,6)(H,7,8)/b24-13+,25-18+;2-1+/t19-,20?,21+,22+;/m0./s1. The molecule has 0 radical (unpaired) electrons. The van der Waals surface area contributed by atoms with Crippen molar-refractivity contribution in [3.8, 4) is 0 Å². The molecule has 0 spiro atoms. The highest BCUT2D eigenvalue weighted by atomic mass is 16.6. The van der Waals surface area contributed by atoms with E-state index in [1.807, 2.05) is 6.21 Å². The van der Waals surface area contributed by atoms with Gasteiger partial charge in [0.15, 0.2) is 0 Å². The largest absolute Gasteiger partial charge is 0.478 e. The summed E-state index contributed by atoms with van der Waals surface area (Å²) in [6.45, 7) is 9.37. The summed E-state index contributed by atoms with van der Waals surface area (Å²) in [7, 11) is 0. The molecular weight excluding hydrogens is 466 g/mol. The topological polar surface area (TPSA) is 175 Å². The lowest BCUT2D eigenvalue weighted by Crippen LogP contribution is -2.58. The van der Waals surface area contributed by atoms with E-state index >= 15 is 0 Å². The van der Waals surface area contributed by atoms with Gasteiger partial charge in [0.1, 0.15) is 18.4 Å². The maximum absolute atomic E-state index is 11.3. The van der Waals surface area contributed by atoms with Gasteiger partial charge in [-0.15, -0.1) is 0 Å². The van der Waals surface area contributed by atoms with Crippen LogP contribution in [0.3, 0.4) is 0 Å². The number of oxime groups is 2. The first-order valence-electron chi connectivity index (χ1n) is 12.0. The molecule has 0 heterocycles. The van der Waals surface area contributed by atoms with E-state index in [4.69, 9.17) is 20.8 Å². The van der Waals surface area contributed by atoms with E-state index < -0.39 is 18.0 Å². The van der Waals surface area contributed by atoms with Gasteiger partial charge in [0.25, 0.3) is 0 Å². The second-order valence-corrected chi connectivity index (χ2v) is 10.0. The molecule has 1 saturated carbocycles. The van der Waals surface area contributed by atoms with Crippen LogP contribution < -0.4 is 5.73 Å². The number of nitrogens with two attached hydrogens (primary N) is 1. The molecule has 1 unspecified atom stereocenters. The fourth-order valence-corrected chi connectivity index (χ4v) is 5.50. The number of aliphatic hydroxyl groups excluding tert-OH is 1. The van der Waals surface area contributed by atoms with Gasteiger partial charge in [0.2, 0.25) is 0 Å². The van der Waals surface area contributed by atoms with Crippen molar-refractivity contribution < 1.29 is 35.0 Å². The zero-order valence-corrected chi connectivity index (χ0v) is 21.2. The SMILES string of the molecule is CC(C)c1ccc2c(c1)/C(=N\O)[C@H](O)C1[C@@](C)(/C=N/OCCN)CCC[C@]21C.O=C(O)/C=C/C(=O)O. The Morgan fingerprint density at radius 2 is 1.83 bits per heavy atom. The number of aliphatic hydroxyl groups is 1. The van der Waals surface area contributed by atoms with Gasteiger partial charge in [0.05, 0.1) is 6.21 Å². The lowest BCUT2D eigenvalue weighted by atomic mass is 9.49. The van der Waals surface area contributed by atoms with Crippen LogP contribution in [0.5, 0.6) is 0 Å². The lowest BCUT2D eigenvalue weighted by molar-refractivity contribution is -0.134. The summed E-state index contributed by atoms with van der Waals surface area (Å²) in [5, 5.41) is 44.4. The molecule has 1 aromatic carbocycles. The Bertz CT molecular complexity index is 1020. The van der Waals surface area contributed by atoms with Gasteiger partial charge in [0, 0.05) is 35.6 Å². The number of hydrogen-bond donors (Lipinski definition) is 5. The van der Waals surface area contributed by atoms with E-state index in [1.54, 1.807) is 0 Å². The van der Waals surface area contributed by atoms with E-state index in [0.717, 1.165) is 30.4 Å². The highest BCUT2D eigenvalue weighted by Gasteiger charge is 2.57. The third-order valence-electron chi connectivity index (χ3n) is 7.11. The average molecular weight is 504 g/mol. The smallest absolute Gasteiger partial charge is 0.328 e. The van der Waals surface area contributed by atoms with Crippen molar-refractivity contribution in [2.75, 3.05) is 13.2 Å². The summed E-state index contributed by atoms with van der Waals surface area (Å²) in [5.41, 5.74) is 8.37. The number of rotatable bonds is 7. The molecule has 1 aromatic rings. The molecule has 4 atom stereocenters. The predicted octanol–water partition coefficient (Wildman–Crippen LogP) is 3.10. The Kier molecular flexibility index (Phi) is 9.77. The zero-order chi connectivity index (χ0) is 27.1. The molecule has 3 rings (SSSR count). The lowest BCUT2D eigenvalue weighted by Gasteiger charge is -2.55. The molecule has 0 aromatic heterocycles. The van der Waals surface area contributed by atoms with Crippen molar-refractivity contribution in [2.24, 2.45) is 27.4 Å². The monoisotopic (exact) mass is 503 g/mol. The molecule has 10 nitrogen and oxygen atoms in total. The van der Waals surface area contributed by atoms with Crippen LogP contribution in [0.25, 0.3) is 0 Å². The summed E-state index contributed by atoms with van der Waals surface area (Å²) in [6, 6.07) is 6.38. The van der Waals surface area contributed by atoms with E-state index in [1.165, 1.54) is 5.56 Å². The molecule has 0 amide bonds. The van der Waals surface area contributed by atoms with E-state index in [2.05, 4.69) is 56.2 Å². The normalized spacial score (nSPS) is 28.5. The maximum Gasteiger partial charge on any atom is 0.328 e. The fourth-order valence-electron chi connectivity index (χ4n) is 5.50. The zero-order valence-electron chi connectivity index (χ0n) is 21.2. The second kappa shape index (κ2) is 12.1. The first-order chi connectivity index (χ1) is 16.9. The number of fused-ring (bicyclic) bond motifs is 3. The van der Waals surface area contributed by atoms with Crippen LogP contribution in [-0.2, 0) is 19.8 Å². The Balaban J connectivity index is 0.000000493. The number of carboxylic acid groups (broad SMARTS) is 2. The molecule has 198 valence electrons. The maximum atomic E-state index is 11.3. The van der Waals surface area contributed by atoms with E-state index in [-0.39, 0.29) is 16.7 Å². The van der Waals surface area contributed by atoms with Crippen molar-refractivity contribution in [3.63, 3.8) is 0 Å². The van der Waals surface area contributed by atoms with Crippen LogP contribution in [0.1, 0.15) is 69.6 Å². The molecule has 36 heavy (non-hydrogen) atoms. The quantitative estimate of drug-likeness (QED) is 0.124. The van der Waals surface area contributed by atoms with E-state index in [0.29, 0.717) is 36.9 Å². The molecule has 6 N–H and O–H groups in total. The van der Waals surface area contributed by atoms with Gasteiger partial charge in [-0.3, -0.25) is 0 Å². The molecule has 2 aliphatic rings. The van der Waals surface area contributed by atoms with Crippen molar-refractivity contribution >= 4 is 23.9 Å². The Hall–Kier alpha value is -3.24. The Labute approximate surface area is 211 Å². The summed E-state index contributed by atoms with van der Waals surface area (Å²) in [5.74, 6) is -2.32. The minimum absolute atomic E-state index is 0.165. The van der Waals surface area contributed by atoms with Crippen molar-refractivity contribution in [2.45, 2.75) is 64.4 Å². The number of benzene rings is 1. The van der Waals surface area contributed by atoms with Crippen LogP contribution in [-0.4, -0.2) is 63.6 Å². The van der Waals surface area contributed by atoms with Gasteiger partial charge < -0.3 is 31.1 Å². The van der Waals surface area contributed by atoms with Gasteiger partial charge >= 0.3 is 11.9 Å². The third-order valence-corrected chi connectivity index (χ3v) is 7.11. The minimum atomic E-state index is -1.26. The molecule has 0 bridgehead atoms. The summed E-state index contributed by atoms with van der Waals surface area (Å²) in [4.78, 5) is 24.4. The Morgan fingerprint density at radius 3 is 2.36 bits per heavy atom. The van der Waals surface area contributed by atoms with Crippen molar-refractivity contribution in [3.05, 3.63) is 47.0 Å². The molecule has 2 aliphatic carbocycles. The molecule has 0 saturated heterocycles. The van der Waals surface area contributed by atoms with Crippen LogP contribution in [0.4, 0.5) is 0 Å². The average Bonchev–Trinajstić information content (AvgIpc) is 2.81. The number of hydrogen-bond acceptors (Lipinski definition) is 8.